The predicted octanol–water partition coefficient (Wildman–Crippen LogP) is 1.35. The largest absolute Gasteiger partial charge is 0.352 e. The highest BCUT2D eigenvalue weighted by atomic mass is 16.1. The standard InChI is InChI=1S/C12H18N2O/c1-10-4-6-11(7-5-10)9-14-12(15)3-2-8-13/h4-7H,2-3,8-9,13H2,1H3,(H,14,15). The quantitative estimate of drug-likeness (QED) is 0.764. The Hall–Kier alpha value is -1.35. The Morgan fingerprint density at radius 3 is 2.60 bits per heavy atom. The molecule has 0 aliphatic rings. The highest BCUT2D eigenvalue weighted by molar-refractivity contribution is 5.75. The van der Waals surface area contributed by atoms with Gasteiger partial charge in [0, 0.05) is 13.0 Å². The fourth-order valence-corrected chi connectivity index (χ4v) is 1.26. The molecule has 0 aromatic heterocycles. The zero-order chi connectivity index (χ0) is 11.1. The second-order valence-corrected chi connectivity index (χ2v) is 3.65. The van der Waals surface area contributed by atoms with Crippen LogP contribution in [0.5, 0.6) is 0 Å². The van der Waals surface area contributed by atoms with Crippen LogP contribution in [0.4, 0.5) is 0 Å². The van der Waals surface area contributed by atoms with E-state index in [9.17, 15) is 4.79 Å². The minimum Gasteiger partial charge on any atom is -0.352 e. The highest BCUT2D eigenvalue weighted by Gasteiger charge is 1.99. The fraction of sp³-hybridized carbons (Fsp3) is 0.417. The average molecular weight is 206 g/mol. The van der Waals surface area contributed by atoms with E-state index in [0.29, 0.717) is 19.5 Å². The Morgan fingerprint density at radius 2 is 2.00 bits per heavy atom. The van der Waals surface area contributed by atoms with Crippen molar-refractivity contribution in [1.29, 1.82) is 0 Å². The van der Waals surface area contributed by atoms with E-state index in [4.69, 9.17) is 5.73 Å². The van der Waals surface area contributed by atoms with Crippen LogP contribution < -0.4 is 11.1 Å². The molecule has 1 rings (SSSR count). The second kappa shape index (κ2) is 6.19. The second-order valence-electron chi connectivity index (χ2n) is 3.65. The maximum absolute atomic E-state index is 11.3. The van der Waals surface area contributed by atoms with Crippen LogP contribution in [0.2, 0.25) is 0 Å². The van der Waals surface area contributed by atoms with Gasteiger partial charge in [0.2, 0.25) is 5.91 Å². The molecule has 0 saturated carbocycles. The molecule has 1 amide bonds. The Kier molecular flexibility index (Phi) is 4.84. The van der Waals surface area contributed by atoms with Crippen molar-refractivity contribution in [2.24, 2.45) is 5.73 Å². The van der Waals surface area contributed by atoms with Crippen molar-refractivity contribution in [2.75, 3.05) is 6.54 Å². The number of carbonyl (C=O) groups excluding carboxylic acids is 1. The van der Waals surface area contributed by atoms with Gasteiger partial charge in [0.15, 0.2) is 0 Å². The molecule has 3 nitrogen and oxygen atoms in total. The summed E-state index contributed by atoms with van der Waals surface area (Å²) in [7, 11) is 0. The maximum atomic E-state index is 11.3. The lowest BCUT2D eigenvalue weighted by molar-refractivity contribution is -0.121. The summed E-state index contributed by atoms with van der Waals surface area (Å²) in [6.45, 7) is 3.21. The van der Waals surface area contributed by atoms with Gasteiger partial charge < -0.3 is 11.1 Å². The molecule has 0 aliphatic heterocycles. The van der Waals surface area contributed by atoms with Crippen molar-refractivity contribution in [3.63, 3.8) is 0 Å². The molecule has 15 heavy (non-hydrogen) atoms. The fourth-order valence-electron chi connectivity index (χ4n) is 1.26. The summed E-state index contributed by atoms with van der Waals surface area (Å²) in [6, 6.07) is 8.14. The molecule has 0 radical (unpaired) electrons. The highest BCUT2D eigenvalue weighted by Crippen LogP contribution is 2.02. The molecule has 0 fully saturated rings. The zero-order valence-corrected chi connectivity index (χ0v) is 9.12. The van der Waals surface area contributed by atoms with Gasteiger partial charge in [-0.1, -0.05) is 29.8 Å². The smallest absolute Gasteiger partial charge is 0.220 e. The van der Waals surface area contributed by atoms with Crippen molar-refractivity contribution in [1.82, 2.24) is 5.32 Å². The van der Waals surface area contributed by atoms with Crippen LogP contribution in [-0.2, 0) is 11.3 Å². The average Bonchev–Trinajstić information content (AvgIpc) is 2.25. The van der Waals surface area contributed by atoms with E-state index in [1.165, 1.54) is 5.56 Å². The summed E-state index contributed by atoms with van der Waals surface area (Å²) in [5.74, 6) is 0.0704. The predicted molar refractivity (Wildman–Crippen MR) is 61.3 cm³/mol. The van der Waals surface area contributed by atoms with Crippen LogP contribution in [0.25, 0.3) is 0 Å². The van der Waals surface area contributed by atoms with Crippen LogP contribution in [0.15, 0.2) is 24.3 Å². The Bertz CT molecular complexity index is 306. The number of hydrogen-bond acceptors (Lipinski definition) is 2. The van der Waals surface area contributed by atoms with E-state index in [0.717, 1.165) is 12.0 Å². The molecule has 3 N–H and O–H groups in total. The molecule has 1 aromatic carbocycles. The molecule has 1 aromatic rings. The first-order chi connectivity index (χ1) is 7.22. The van der Waals surface area contributed by atoms with Crippen molar-refractivity contribution in [2.45, 2.75) is 26.3 Å². The maximum Gasteiger partial charge on any atom is 0.220 e. The summed E-state index contributed by atoms with van der Waals surface area (Å²) < 4.78 is 0. The van der Waals surface area contributed by atoms with E-state index in [-0.39, 0.29) is 5.91 Å². The first-order valence-corrected chi connectivity index (χ1v) is 5.24. The number of carbonyl (C=O) groups is 1. The van der Waals surface area contributed by atoms with E-state index in [1.54, 1.807) is 0 Å². The van der Waals surface area contributed by atoms with Crippen molar-refractivity contribution < 1.29 is 4.79 Å². The van der Waals surface area contributed by atoms with Gasteiger partial charge in [0.05, 0.1) is 0 Å². The molecule has 0 unspecified atom stereocenters. The molecular weight excluding hydrogens is 188 g/mol. The van der Waals surface area contributed by atoms with Crippen molar-refractivity contribution in [3.8, 4) is 0 Å². The first kappa shape index (κ1) is 11.7. The van der Waals surface area contributed by atoms with Gasteiger partial charge in [0.25, 0.3) is 0 Å². The Balaban J connectivity index is 2.30. The van der Waals surface area contributed by atoms with Gasteiger partial charge in [-0.25, -0.2) is 0 Å². The number of aryl methyl sites for hydroxylation is 1. The van der Waals surface area contributed by atoms with Gasteiger partial charge >= 0.3 is 0 Å². The number of nitrogens with two attached hydrogens (primary N) is 1. The van der Waals surface area contributed by atoms with Crippen LogP contribution in [0.3, 0.4) is 0 Å². The lowest BCUT2D eigenvalue weighted by Crippen LogP contribution is -2.23. The van der Waals surface area contributed by atoms with Gasteiger partial charge in [-0.3, -0.25) is 4.79 Å². The molecular formula is C12H18N2O. The van der Waals surface area contributed by atoms with Gasteiger partial charge in [-0.05, 0) is 25.5 Å². The topological polar surface area (TPSA) is 55.1 Å². The van der Waals surface area contributed by atoms with Crippen molar-refractivity contribution >= 4 is 5.91 Å². The Morgan fingerprint density at radius 1 is 1.33 bits per heavy atom. The third kappa shape index (κ3) is 4.61. The van der Waals surface area contributed by atoms with Gasteiger partial charge in [-0.15, -0.1) is 0 Å². The van der Waals surface area contributed by atoms with E-state index in [2.05, 4.69) is 5.32 Å². The summed E-state index contributed by atoms with van der Waals surface area (Å²) in [5, 5.41) is 2.86. The lowest BCUT2D eigenvalue weighted by atomic mass is 10.1. The zero-order valence-electron chi connectivity index (χ0n) is 9.12. The molecule has 0 bridgehead atoms. The van der Waals surface area contributed by atoms with Crippen LogP contribution in [0.1, 0.15) is 24.0 Å². The molecule has 0 heterocycles. The lowest BCUT2D eigenvalue weighted by Gasteiger charge is -2.04. The monoisotopic (exact) mass is 206 g/mol. The summed E-state index contributed by atoms with van der Waals surface area (Å²) in [4.78, 5) is 11.3. The van der Waals surface area contributed by atoms with Gasteiger partial charge in [0.1, 0.15) is 0 Å². The van der Waals surface area contributed by atoms with Gasteiger partial charge in [-0.2, -0.15) is 0 Å². The molecule has 0 spiro atoms. The van der Waals surface area contributed by atoms with Crippen LogP contribution >= 0.6 is 0 Å². The third-order valence-corrected chi connectivity index (χ3v) is 2.22. The molecule has 0 atom stereocenters. The first-order valence-electron chi connectivity index (χ1n) is 5.24. The summed E-state index contributed by atoms with van der Waals surface area (Å²) >= 11 is 0. The Labute approximate surface area is 90.7 Å². The summed E-state index contributed by atoms with van der Waals surface area (Å²) in [5.41, 5.74) is 7.68. The van der Waals surface area contributed by atoms with E-state index in [1.807, 2.05) is 31.2 Å². The number of rotatable bonds is 5. The molecule has 0 aliphatic carbocycles. The summed E-state index contributed by atoms with van der Waals surface area (Å²) in [6.07, 6.45) is 1.27. The molecule has 82 valence electrons. The van der Waals surface area contributed by atoms with E-state index < -0.39 is 0 Å². The molecule has 0 saturated heterocycles. The third-order valence-electron chi connectivity index (χ3n) is 2.22. The van der Waals surface area contributed by atoms with Crippen LogP contribution in [0, 0.1) is 6.92 Å². The number of nitrogens with one attached hydrogen (secondary N) is 1. The number of benzene rings is 1. The minimum absolute atomic E-state index is 0.0704. The number of hydrogen-bond donors (Lipinski definition) is 2. The van der Waals surface area contributed by atoms with Crippen LogP contribution in [-0.4, -0.2) is 12.5 Å². The van der Waals surface area contributed by atoms with Crippen molar-refractivity contribution in [3.05, 3.63) is 35.4 Å². The normalized spacial score (nSPS) is 10.0. The number of amides is 1. The molecule has 3 heteroatoms. The van der Waals surface area contributed by atoms with E-state index >= 15 is 0 Å². The SMILES string of the molecule is Cc1ccc(CNC(=O)CCCN)cc1. The minimum atomic E-state index is 0.0704.